The smallest absolute Gasteiger partial charge is 0.262 e. The first-order valence-corrected chi connectivity index (χ1v) is 9.56. The molecule has 4 rings (SSSR count). The molecule has 0 fully saturated rings. The largest absolute Gasteiger partial charge is 0.439 e. The summed E-state index contributed by atoms with van der Waals surface area (Å²) in [6.07, 6.45) is 10.3. The first kappa shape index (κ1) is 16.6. The van der Waals surface area contributed by atoms with Gasteiger partial charge in [-0.1, -0.05) is 53.8 Å². The summed E-state index contributed by atoms with van der Waals surface area (Å²) in [7, 11) is 2.10. The molecule has 0 saturated carbocycles. The normalized spacial score (nSPS) is 15.5. The van der Waals surface area contributed by atoms with Crippen molar-refractivity contribution in [3.63, 3.8) is 0 Å². The molecule has 1 aliphatic rings. The molecule has 130 valence electrons. The van der Waals surface area contributed by atoms with E-state index < -0.39 is 0 Å². The summed E-state index contributed by atoms with van der Waals surface area (Å²) in [5.41, 5.74) is 2.39. The van der Waals surface area contributed by atoms with E-state index in [2.05, 4.69) is 65.9 Å². The van der Waals surface area contributed by atoms with Crippen LogP contribution < -0.4 is 14.2 Å². The third-order valence-electron chi connectivity index (χ3n) is 4.42. The Morgan fingerprint density at radius 3 is 2.69 bits per heavy atom. The van der Waals surface area contributed by atoms with Gasteiger partial charge < -0.3 is 9.64 Å². The van der Waals surface area contributed by atoms with Crippen LogP contribution in [0.2, 0.25) is 0 Å². The molecule has 1 aromatic heterocycles. The van der Waals surface area contributed by atoms with E-state index in [9.17, 15) is 0 Å². The lowest BCUT2D eigenvalue weighted by Gasteiger charge is -2.14. The van der Waals surface area contributed by atoms with Crippen molar-refractivity contribution >= 4 is 33.3 Å². The van der Waals surface area contributed by atoms with Crippen molar-refractivity contribution < 1.29 is 9.30 Å². The maximum atomic E-state index is 5.94. The Bertz CT molecular complexity index is 1030. The molecular formula is C22H21N2OS+. The second-order valence-electron chi connectivity index (χ2n) is 6.03. The summed E-state index contributed by atoms with van der Waals surface area (Å²) < 4.78 is 9.47. The minimum Gasteiger partial charge on any atom is -0.439 e. The van der Waals surface area contributed by atoms with Crippen molar-refractivity contribution in [2.24, 2.45) is 7.05 Å². The van der Waals surface area contributed by atoms with E-state index in [0.29, 0.717) is 0 Å². The second-order valence-corrected chi connectivity index (χ2v) is 7.09. The van der Waals surface area contributed by atoms with Gasteiger partial charge in [0.15, 0.2) is 5.75 Å². The first-order chi connectivity index (χ1) is 12.8. The highest BCUT2D eigenvalue weighted by Crippen LogP contribution is 2.38. The summed E-state index contributed by atoms with van der Waals surface area (Å²) in [5, 5.41) is 1.23. The Balaban J connectivity index is 1.49. The molecule has 3 aromatic rings. The van der Waals surface area contributed by atoms with Crippen molar-refractivity contribution in [1.29, 1.82) is 0 Å². The number of benzene rings is 2. The fourth-order valence-corrected chi connectivity index (χ4v) is 4.17. The molecule has 0 N–H and O–H groups in total. The Morgan fingerprint density at radius 1 is 1.04 bits per heavy atom. The van der Waals surface area contributed by atoms with Gasteiger partial charge >= 0.3 is 0 Å². The van der Waals surface area contributed by atoms with Crippen LogP contribution in [0, 0.1) is 0 Å². The molecule has 0 aliphatic carbocycles. The zero-order valence-corrected chi connectivity index (χ0v) is 15.7. The van der Waals surface area contributed by atoms with Gasteiger partial charge in [-0.25, -0.2) is 0 Å². The molecule has 0 amide bonds. The number of fused-ring (bicyclic) bond motifs is 2. The molecule has 26 heavy (non-hydrogen) atoms. The molecule has 0 saturated heterocycles. The van der Waals surface area contributed by atoms with Crippen LogP contribution in [-0.2, 0) is 7.05 Å². The van der Waals surface area contributed by atoms with Gasteiger partial charge in [0.05, 0.1) is 5.69 Å². The fraction of sp³-hybridized carbons (Fsp3) is 0.136. The SMILES string of the molecule is CCN1/C(=C/C=CC=Cc2sc3ccccc3[n+]2C)Oc2ccccc21. The Labute approximate surface area is 157 Å². The summed E-state index contributed by atoms with van der Waals surface area (Å²) in [4.78, 5) is 2.18. The summed E-state index contributed by atoms with van der Waals surface area (Å²) in [6.45, 7) is 3.01. The number of para-hydroxylation sites is 3. The number of thiazole rings is 1. The number of nitrogens with zero attached hydrogens (tertiary/aromatic N) is 2. The number of anilines is 1. The number of aromatic nitrogens is 1. The lowest BCUT2D eigenvalue weighted by atomic mass is 10.3. The lowest BCUT2D eigenvalue weighted by molar-refractivity contribution is -0.642. The van der Waals surface area contributed by atoms with E-state index in [1.54, 1.807) is 11.3 Å². The van der Waals surface area contributed by atoms with Crippen LogP contribution in [0.15, 0.2) is 78.7 Å². The van der Waals surface area contributed by atoms with Crippen LogP contribution in [0.5, 0.6) is 5.75 Å². The minimum atomic E-state index is 0.866. The number of hydrogen-bond acceptors (Lipinski definition) is 3. The monoisotopic (exact) mass is 361 g/mol. The van der Waals surface area contributed by atoms with Gasteiger partial charge in [0.2, 0.25) is 11.4 Å². The molecular weight excluding hydrogens is 340 g/mol. The highest BCUT2D eigenvalue weighted by Gasteiger charge is 2.23. The molecule has 4 heteroatoms. The van der Waals surface area contributed by atoms with E-state index >= 15 is 0 Å². The molecule has 0 atom stereocenters. The van der Waals surface area contributed by atoms with Crippen LogP contribution in [-0.4, -0.2) is 6.54 Å². The lowest BCUT2D eigenvalue weighted by Crippen LogP contribution is -2.28. The van der Waals surface area contributed by atoms with Crippen LogP contribution in [0.25, 0.3) is 16.3 Å². The minimum absolute atomic E-state index is 0.866. The molecule has 0 bridgehead atoms. The average molecular weight is 361 g/mol. The quantitative estimate of drug-likeness (QED) is 0.477. The van der Waals surface area contributed by atoms with Gasteiger partial charge in [-0.05, 0) is 31.2 Å². The molecule has 2 heterocycles. The van der Waals surface area contributed by atoms with Crippen LogP contribution >= 0.6 is 11.3 Å². The number of rotatable bonds is 4. The number of hydrogen-bond donors (Lipinski definition) is 0. The highest BCUT2D eigenvalue weighted by molar-refractivity contribution is 7.18. The van der Waals surface area contributed by atoms with Crippen LogP contribution in [0.3, 0.4) is 0 Å². The van der Waals surface area contributed by atoms with Crippen molar-refractivity contribution in [3.05, 3.63) is 83.7 Å². The van der Waals surface area contributed by atoms with E-state index in [0.717, 1.165) is 23.9 Å². The Morgan fingerprint density at radius 2 is 1.85 bits per heavy atom. The van der Waals surface area contributed by atoms with Gasteiger partial charge in [-0.2, -0.15) is 4.57 Å². The van der Waals surface area contributed by atoms with Crippen molar-refractivity contribution in [2.45, 2.75) is 6.92 Å². The van der Waals surface area contributed by atoms with Crippen molar-refractivity contribution in [3.8, 4) is 5.75 Å². The predicted octanol–water partition coefficient (Wildman–Crippen LogP) is 5.06. The number of ether oxygens (including phenoxy) is 1. The second kappa shape index (κ2) is 7.18. The maximum Gasteiger partial charge on any atom is 0.262 e. The van der Waals surface area contributed by atoms with Crippen molar-refractivity contribution in [1.82, 2.24) is 0 Å². The molecule has 0 spiro atoms. The van der Waals surface area contributed by atoms with Gasteiger partial charge in [0.25, 0.3) is 5.01 Å². The number of aryl methyl sites for hydroxylation is 1. The summed E-state index contributed by atoms with van der Waals surface area (Å²) in [5.74, 6) is 1.78. The average Bonchev–Trinajstić information content (AvgIpc) is 3.19. The van der Waals surface area contributed by atoms with Crippen LogP contribution in [0.1, 0.15) is 11.9 Å². The number of allylic oxidation sites excluding steroid dienone is 4. The highest BCUT2D eigenvalue weighted by atomic mass is 32.1. The topological polar surface area (TPSA) is 16.4 Å². The molecule has 2 aromatic carbocycles. The van der Waals surface area contributed by atoms with Gasteiger partial charge in [0.1, 0.15) is 11.7 Å². The maximum absolute atomic E-state index is 5.94. The first-order valence-electron chi connectivity index (χ1n) is 8.75. The molecule has 1 aliphatic heterocycles. The summed E-state index contributed by atoms with van der Waals surface area (Å²) >= 11 is 1.80. The zero-order valence-electron chi connectivity index (χ0n) is 14.9. The third kappa shape index (κ3) is 3.04. The molecule has 3 nitrogen and oxygen atoms in total. The van der Waals surface area contributed by atoms with E-state index in [4.69, 9.17) is 4.74 Å². The molecule has 0 unspecified atom stereocenters. The standard InChI is InChI=1S/C22H21N2OS/c1-3-24-17-11-7-9-13-19(17)25-21(24)15-5-4-6-16-22-23(2)18-12-8-10-14-20(18)26-22/h4-16H,3H2,1-2H3/q+1. The van der Waals surface area contributed by atoms with Gasteiger partial charge in [-0.15, -0.1) is 0 Å². The summed E-state index contributed by atoms with van der Waals surface area (Å²) in [6, 6.07) is 16.6. The van der Waals surface area contributed by atoms with E-state index in [-0.39, 0.29) is 0 Å². The fourth-order valence-electron chi connectivity index (χ4n) is 3.11. The molecule has 0 radical (unpaired) electrons. The van der Waals surface area contributed by atoms with Gasteiger partial charge in [0, 0.05) is 18.7 Å². The van der Waals surface area contributed by atoms with Crippen LogP contribution in [0.4, 0.5) is 5.69 Å². The zero-order chi connectivity index (χ0) is 17.9. The Kier molecular flexibility index (Phi) is 4.59. The predicted molar refractivity (Wildman–Crippen MR) is 109 cm³/mol. The van der Waals surface area contributed by atoms with E-state index in [1.807, 2.05) is 36.4 Å². The Hall–Kier alpha value is -2.85. The third-order valence-corrected chi connectivity index (χ3v) is 5.61. The van der Waals surface area contributed by atoms with Gasteiger partial charge in [-0.3, -0.25) is 0 Å². The van der Waals surface area contributed by atoms with E-state index in [1.165, 1.54) is 15.2 Å². The van der Waals surface area contributed by atoms with Crippen molar-refractivity contribution in [2.75, 3.05) is 11.4 Å².